The lowest BCUT2D eigenvalue weighted by molar-refractivity contribution is -0.149. The minimum Gasteiger partial charge on any atom is -0.465 e. The third kappa shape index (κ3) is 3.19. The summed E-state index contributed by atoms with van der Waals surface area (Å²) in [7, 11) is 0. The number of nitrogens with two attached hydrogens (primary N) is 1. The number of hydrogen-bond acceptors (Lipinski definition) is 4. The van der Waals surface area contributed by atoms with Gasteiger partial charge in [-0.3, -0.25) is 9.69 Å². The average Bonchev–Trinajstić information content (AvgIpc) is 2.75. The highest BCUT2D eigenvalue weighted by Gasteiger charge is 2.35. The van der Waals surface area contributed by atoms with Gasteiger partial charge in [0.2, 0.25) is 0 Å². The lowest BCUT2D eigenvalue weighted by Gasteiger charge is -2.30. The molecule has 0 amide bonds. The van der Waals surface area contributed by atoms with Crippen LogP contribution in [-0.4, -0.2) is 42.6 Å². The quantitative estimate of drug-likeness (QED) is 0.693. The van der Waals surface area contributed by atoms with E-state index in [4.69, 9.17) is 10.5 Å². The minimum atomic E-state index is -0.0597. The zero-order chi connectivity index (χ0) is 12.0. The van der Waals surface area contributed by atoms with Gasteiger partial charge in [0.15, 0.2) is 0 Å². The molecular weight excluding hydrogens is 204 g/mol. The second-order valence-corrected chi connectivity index (χ2v) is 4.29. The zero-order valence-corrected chi connectivity index (χ0v) is 10.4. The summed E-state index contributed by atoms with van der Waals surface area (Å²) in [6, 6.07) is 0.401. The maximum atomic E-state index is 11.8. The van der Waals surface area contributed by atoms with Crippen molar-refractivity contribution in [1.82, 2.24) is 4.90 Å². The topological polar surface area (TPSA) is 55.6 Å². The third-order valence-electron chi connectivity index (χ3n) is 3.29. The molecule has 2 unspecified atom stereocenters. The number of ether oxygens (including phenoxy) is 1. The Hall–Kier alpha value is -0.610. The summed E-state index contributed by atoms with van der Waals surface area (Å²) in [5, 5.41) is 0. The summed E-state index contributed by atoms with van der Waals surface area (Å²) in [6.45, 7) is 6.17. The van der Waals surface area contributed by atoms with Gasteiger partial charge in [-0.05, 0) is 45.7 Å². The number of esters is 1. The van der Waals surface area contributed by atoms with Crippen molar-refractivity contribution in [3.05, 3.63) is 0 Å². The molecule has 1 heterocycles. The second kappa shape index (κ2) is 6.86. The summed E-state index contributed by atoms with van der Waals surface area (Å²) in [5.41, 5.74) is 5.61. The van der Waals surface area contributed by atoms with E-state index in [2.05, 4.69) is 11.8 Å². The Bertz CT molecular complexity index is 221. The molecule has 4 heteroatoms. The smallest absolute Gasteiger partial charge is 0.323 e. The maximum Gasteiger partial charge on any atom is 0.323 e. The van der Waals surface area contributed by atoms with Gasteiger partial charge in [-0.15, -0.1) is 0 Å². The molecule has 2 atom stereocenters. The van der Waals surface area contributed by atoms with E-state index in [0.717, 1.165) is 32.2 Å². The van der Waals surface area contributed by atoms with Gasteiger partial charge in [0.05, 0.1) is 6.61 Å². The normalized spacial score (nSPS) is 23.3. The zero-order valence-electron chi connectivity index (χ0n) is 10.4. The van der Waals surface area contributed by atoms with Crippen molar-refractivity contribution in [3.8, 4) is 0 Å². The van der Waals surface area contributed by atoms with Crippen LogP contribution in [0.1, 0.15) is 39.5 Å². The molecule has 1 saturated heterocycles. The average molecular weight is 228 g/mol. The molecule has 0 aromatic rings. The van der Waals surface area contributed by atoms with Crippen LogP contribution in [0.4, 0.5) is 0 Å². The van der Waals surface area contributed by atoms with Crippen molar-refractivity contribution in [2.45, 2.75) is 51.6 Å². The number of nitrogens with zero attached hydrogens (tertiary/aromatic N) is 1. The van der Waals surface area contributed by atoms with Crippen LogP contribution in [-0.2, 0) is 9.53 Å². The van der Waals surface area contributed by atoms with Crippen LogP contribution in [0.2, 0.25) is 0 Å². The van der Waals surface area contributed by atoms with Gasteiger partial charge >= 0.3 is 5.97 Å². The van der Waals surface area contributed by atoms with Crippen LogP contribution in [0.25, 0.3) is 0 Å². The maximum absolute atomic E-state index is 11.8. The van der Waals surface area contributed by atoms with Gasteiger partial charge in [-0.25, -0.2) is 0 Å². The Morgan fingerprint density at radius 1 is 1.56 bits per heavy atom. The summed E-state index contributed by atoms with van der Waals surface area (Å²) in [4.78, 5) is 14.1. The molecule has 4 nitrogen and oxygen atoms in total. The first-order valence-electron chi connectivity index (χ1n) is 6.37. The van der Waals surface area contributed by atoms with E-state index in [1.807, 2.05) is 6.92 Å². The molecule has 2 N–H and O–H groups in total. The van der Waals surface area contributed by atoms with Crippen molar-refractivity contribution in [3.63, 3.8) is 0 Å². The molecule has 0 aromatic heterocycles. The molecule has 0 bridgehead atoms. The molecule has 0 saturated carbocycles. The van der Waals surface area contributed by atoms with E-state index in [1.54, 1.807) is 0 Å². The van der Waals surface area contributed by atoms with Gasteiger partial charge in [0.25, 0.3) is 0 Å². The van der Waals surface area contributed by atoms with Crippen LogP contribution in [0.5, 0.6) is 0 Å². The predicted octanol–water partition coefficient (Wildman–Crippen LogP) is 1.14. The molecule has 1 rings (SSSR count). The molecule has 0 spiro atoms. The molecule has 0 radical (unpaired) electrons. The molecule has 1 aliphatic rings. The lowest BCUT2D eigenvalue weighted by Crippen LogP contribution is -2.44. The minimum absolute atomic E-state index is 0.0311. The monoisotopic (exact) mass is 228 g/mol. The van der Waals surface area contributed by atoms with Gasteiger partial charge in [-0.2, -0.15) is 0 Å². The van der Waals surface area contributed by atoms with Crippen molar-refractivity contribution >= 4 is 5.97 Å². The molecule has 0 aliphatic carbocycles. The van der Waals surface area contributed by atoms with Gasteiger partial charge in [-0.1, -0.05) is 6.92 Å². The summed E-state index contributed by atoms with van der Waals surface area (Å²) < 4.78 is 5.12. The molecule has 0 aromatic carbocycles. The highest BCUT2D eigenvalue weighted by molar-refractivity contribution is 5.76. The first-order valence-corrected chi connectivity index (χ1v) is 6.37. The standard InChI is InChI=1S/C12H24N2O2/c1-3-10(7-8-13)14-9-5-6-11(14)12(15)16-4-2/h10-11H,3-9,13H2,1-2H3. The van der Waals surface area contributed by atoms with Crippen molar-refractivity contribution in [1.29, 1.82) is 0 Å². The number of carbonyl (C=O) groups is 1. The highest BCUT2D eigenvalue weighted by Crippen LogP contribution is 2.24. The van der Waals surface area contributed by atoms with E-state index >= 15 is 0 Å². The van der Waals surface area contributed by atoms with Crippen LogP contribution in [0.15, 0.2) is 0 Å². The Kier molecular flexibility index (Phi) is 5.77. The Labute approximate surface area is 98.1 Å². The van der Waals surface area contributed by atoms with E-state index in [9.17, 15) is 4.79 Å². The fourth-order valence-electron chi connectivity index (χ4n) is 2.51. The van der Waals surface area contributed by atoms with E-state index in [-0.39, 0.29) is 12.0 Å². The highest BCUT2D eigenvalue weighted by atomic mass is 16.5. The van der Waals surface area contributed by atoms with Crippen LogP contribution in [0.3, 0.4) is 0 Å². The predicted molar refractivity (Wildman–Crippen MR) is 64.1 cm³/mol. The Morgan fingerprint density at radius 2 is 2.31 bits per heavy atom. The second-order valence-electron chi connectivity index (χ2n) is 4.29. The molecular formula is C12H24N2O2. The van der Waals surface area contributed by atoms with E-state index < -0.39 is 0 Å². The number of likely N-dealkylation sites (tertiary alicyclic amines) is 1. The summed E-state index contributed by atoms with van der Waals surface area (Å²) in [5.74, 6) is -0.0597. The van der Waals surface area contributed by atoms with E-state index in [1.165, 1.54) is 0 Å². The fraction of sp³-hybridized carbons (Fsp3) is 0.917. The third-order valence-corrected chi connectivity index (χ3v) is 3.29. The molecule has 94 valence electrons. The Balaban J connectivity index is 2.59. The first kappa shape index (κ1) is 13.5. The van der Waals surface area contributed by atoms with Crippen molar-refractivity contribution in [2.24, 2.45) is 5.73 Å². The van der Waals surface area contributed by atoms with Crippen molar-refractivity contribution < 1.29 is 9.53 Å². The first-order chi connectivity index (χ1) is 7.74. The Morgan fingerprint density at radius 3 is 2.88 bits per heavy atom. The van der Waals surface area contributed by atoms with E-state index in [0.29, 0.717) is 19.2 Å². The van der Waals surface area contributed by atoms with Gasteiger partial charge in [0, 0.05) is 6.04 Å². The summed E-state index contributed by atoms with van der Waals surface area (Å²) in [6.07, 6.45) is 4.03. The number of carbonyl (C=O) groups excluding carboxylic acids is 1. The van der Waals surface area contributed by atoms with Crippen LogP contribution in [0, 0.1) is 0 Å². The van der Waals surface area contributed by atoms with Crippen LogP contribution >= 0.6 is 0 Å². The molecule has 16 heavy (non-hydrogen) atoms. The van der Waals surface area contributed by atoms with Crippen molar-refractivity contribution in [2.75, 3.05) is 19.7 Å². The molecule has 1 aliphatic heterocycles. The number of rotatable bonds is 6. The van der Waals surface area contributed by atoms with Gasteiger partial charge in [0.1, 0.15) is 6.04 Å². The fourth-order valence-corrected chi connectivity index (χ4v) is 2.51. The lowest BCUT2D eigenvalue weighted by atomic mass is 10.1. The SMILES string of the molecule is CCOC(=O)C1CCCN1C(CC)CCN. The molecule has 1 fully saturated rings. The number of hydrogen-bond donors (Lipinski definition) is 1. The van der Waals surface area contributed by atoms with Gasteiger partial charge < -0.3 is 10.5 Å². The largest absolute Gasteiger partial charge is 0.465 e. The van der Waals surface area contributed by atoms with Crippen LogP contribution < -0.4 is 5.73 Å². The summed E-state index contributed by atoms with van der Waals surface area (Å²) >= 11 is 0.